The minimum absolute atomic E-state index is 0.0224. The molecule has 0 spiro atoms. The molecule has 0 saturated carbocycles. The highest BCUT2D eigenvalue weighted by Crippen LogP contribution is 2.39. The van der Waals surface area contributed by atoms with Crippen LogP contribution in [0, 0.1) is 5.92 Å². The molecule has 8 nitrogen and oxygen atoms in total. The smallest absolute Gasteiger partial charge is 0.265 e. The van der Waals surface area contributed by atoms with E-state index in [1.807, 2.05) is 38.2 Å². The van der Waals surface area contributed by atoms with Gasteiger partial charge in [0.25, 0.3) is 15.9 Å². The fourth-order valence-corrected chi connectivity index (χ4v) is 6.77. The number of aromatic amines is 1. The average Bonchev–Trinajstić information content (AvgIpc) is 3.41. The highest BCUT2D eigenvalue weighted by molar-refractivity contribution is 7.90. The van der Waals surface area contributed by atoms with Crippen molar-refractivity contribution >= 4 is 44.3 Å². The normalized spacial score (nSPS) is 13.0. The summed E-state index contributed by atoms with van der Waals surface area (Å²) in [5, 5.41) is 4.06. The monoisotopic (exact) mass is 623 g/mol. The van der Waals surface area contributed by atoms with Gasteiger partial charge in [-0.05, 0) is 66.8 Å². The molecule has 0 bridgehead atoms. The second-order valence-electron chi connectivity index (χ2n) is 10.7. The van der Waals surface area contributed by atoms with Crippen LogP contribution in [0.25, 0.3) is 10.9 Å². The first-order valence-corrected chi connectivity index (χ1v) is 16.3. The quantitative estimate of drug-likeness (QED) is 0.155. The Bertz CT molecular complexity index is 1720. The van der Waals surface area contributed by atoms with E-state index in [1.54, 1.807) is 18.2 Å². The van der Waals surface area contributed by atoms with Gasteiger partial charge in [0.2, 0.25) is 5.91 Å². The van der Waals surface area contributed by atoms with Crippen molar-refractivity contribution in [1.29, 1.82) is 0 Å². The van der Waals surface area contributed by atoms with Gasteiger partial charge in [0.1, 0.15) is 10.6 Å². The van der Waals surface area contributed by atoms with Crippen LogP contribution in [0.2, 0.25) is 5.02 Å². The van der Waals surface area contributed by atoms with Gasteiger partial charge < -0.3 is 15.0 Å². The number of amides is 2. The molecular weight excluding hydrogens is 586 g/mol. The summed E-state index contributed by atoms with van der Waals surface area (Å²) in [5.74, 6) is -0.469. The maximum atomic E-state index is 13.0. The summed E-state index contributed by atoms with van der Waals surface area (Å²) < 4.78 is 33.5. The molecule has 0 aliphatic heterocycles. The number of aromatic nitrogens is 1. The van der Waals surface area contributed by atoms with E-state index in [4.69, 9.17) is 16.3 Å². The van der Waals surface area contributed by atoms with E-state index in [9.17, 15) is 18.0 Å². The third-order valence-electron chi connectivity index (χ3n) is 7.49. The van der Waals surface area contributed by atoms with Crippen LogP contribution in [0.5, 0.6) is 5.75 Å². The lowest BCUT2D eigenvalue weighted by atomic mass is 9.85. The first-order chi connectivity index (χ1) is 20.6. The molecule has 0 saturated heterocycles. The van der Waals surface area contributed by atoms with E-state index in [2.05, 4.69) is 28.0 Å². The SMILES string of the molecule is CCCNC(=O)C(C)Cc1ccc2[nH]cc(C(CCC)c3ccc(C(=O)NS(=O)(=O)c4ccccc4Cl)cc3OC)c2c1. The number of hydrogen-bond acceptors (Lipinski definition) is 5. The Labute approximate surface area is 258 Å². The Morgan fingerprint density at radius 1 is 1.00 bits per heavy atom. The zero-order chi connectivity index (χ0) is 31.1. The summed E-state index contributed by atoms with van der Waals surface area (Å²) in [5.41, 5.74) is 4.17. The topological polar surface area (TPSA) is 117 Å². The van der Waals surface area contributed by atoms with Crippen LogP contribution in [0.3, 0.4) is 0 Å². The molecule has 4 rings (SSSR count). The molecule has 0 radical (unpaired) electrons. The van der Waals surface area contributed by atoms with E-state index < -0.39 is 15.9 Å². The molecule has 10 heteroatoms. The maximum absolute atomic E-state index is 13.0. The number of halogens is 1. The largest absolute Gasteiger partial charge is 0.496 e. The molecule has 0 aliphatic rings. The zero-order valence-electron chi connectivity index (χ0n) is 24.9. The molecule has 2 atom stereocenters. The number of nitrogens with one attached hydrogen (secondary N) is 3. The van der Waals surface area contributed by atoms with Crippen molar-refractivity contribution in [3.63, 3.8) is 0 Å². The zero-order valence-corrected chi connectivity index (χ0v) is 26.4. The van der Waals surface area contributed by atoms with E-state index in [0.29, 0.717) is 18.7 Å². The summed E-state index contributed by atoms with van der Waals surface area (Å²) in [4.78, 5) is 28.7. The van der Waals surface area contributed by atoms with Crippen molar-refractivity contribution in [1.82, 2.24) is 15.0 Å². The molecular formula is C33H38ClN3O5S. The summed E-state index contributed by atoms with van der Waals surface area (Å²) in [6, 6.07) is 17.2. The molecule has 3 aromatic carbocycles. The molecule has 2 amide bonds. The molecule has 228 valence electrons. The van der Waals surface area contributed by atoms with Crippen molar-refractivity contribution in [3.05, 3.63) is 94.1 Å². The van der Waals surface area contributed by atoms with Crippen molar-refractivity contribution < 1.29 is 22.7 Å². The van der Waals surface area contributed by atoms with Crippen molar-refractivity contribution in [2.24, 2.45) is 5.92 Å². The first-order valence-electron chi connectivity index (χ1n) is 14.5. The van der Waals surface area contributed by atoms with E-state index >= 15 is 0 Å². The third kappa shape index (κ3) is 7.40. The van der Waals surface area contributed by atoms with Crippen LogP contribution >= 0.6 is 11.6 Å². The average molecular weight is 624 g/mol. The summed E-state index contributed by atoms with van der Waals surface area (Å²) in [6.45, 7) is 6.75. The molecule has 0 fully saturated rings. The van der Waals surface area contributed by atoms with Gasteiger partial charge in [-0.1, -0.05) is 63.1 Å². The number of ether oxygens (including phenoxy) is 1. The molecule has 3 N–H and O–H groups in total. The Balaban J connectivity index is 1.64. The minimum Gasteiger partial charge on any atom is -0.496 e. The number of fused-ring (bicyclic) bond motifs is 1. The van der Waals surface area contributed by atoms with Gasteiger partial charge in [-0.15, -0.1) is 0 Å². The third-order valence-corrected chi connectivity index (χ3v) is 9.32. The summed E-state index contributed by atoms with van der Waals surface area (Å²) >= 11 is 6.06. The Morgan fingerprint density at radius 2 is 1.77 bits per heavy atom. The lowest BCUT2D eigenvalue weighted by Crippen LogP contribution is -2.30. The van der Waals surface area contributed by atoms with E-state index in [-0.39, 0.29) is 33.2 Å². The van der Waals surface area contributed by atoms with Crippen LogP contribution < -0.4 is 14.8 Å². The molecule has 43 heavy (non-hydrogen) atoms. The molecule has 1 aromatic heterocycles. The van der Waals surface area contributed by atoms with Crippen molar-refractivity contribution in [2.45, 2.75) is 57.3 Å². The van der Waals surface area contributed by atoms with Crippen LogP contribution in [0.1, 0.15) is 73.0 Å². The lowest BCUT2D eigenvalue weighted by Gasteiger charge is -2.20. The first kappa shape index (κ1) is 32.1. The second-order valence-corrected chi connectivity index (χ2v) is 12.7. The standard InChI is InChI=1S/C33H38ClN3O5S/c1-5-9-24(27-20-36-29-15-12-22(18-26(27)29)17-21(3)32(38)35-16-6-2)25-14-13-23(19-30(25)42-4)33(39)37-43(40,41)31-11-8-7-10-28(31)34/h7-8,10-15,18-21,24,36H,5-6,9,16-17H2,1-4H3,(H,35,38)(H,37,39). The number of benzene rings is 3. The predicted molar refractivity (Wildman–Crippen MR) is 170 cm³/mol. The number of H-pyrrole nitrogens is 1. The Hall–Kier alpha value is -3.82. The number of methoxy groups -OCH3 is 1. The molecule has 1 heterocycles. The lowest BCUT2D eigenvalue weighted by molar-refractivity contribution is -0.124. The van der Waals surface area contributed by atoms with Gasteiger partial charge in [0.05, 0.1) is 12.1 Å². The van der Waals surface area contributed by atoms with Crippen LogP contribution in [-0.4, -0.2) is 38.9 Å². The fraction of sp³-hybridized carbons (Fsp3) is 0.333. The highest BCUT2D eigenvalue weighted by Gasteiger charge is 2.25. The van der Waals surface area contributed by atoms with E-state index in [1.165, 1.54) is 25.3 Å². The van der Waals surface area contributed by atoms with Crippen molar-refractivity contribution in [3.8, 4) is 5.75 Å². The number of hydrogen-bond donors (Lipinski definition) is 3. The molecule has 4 aromatic rings. The van der Waals surface area contributed by atoms with Gasteiger partial charge in [-0.2, -0.15) is 0 Å². The van der Waals surface area contributed by atoms with Crippen LogP contribution in [0.15, 0.2) is 71.8 Å². The van der Waals surface area contributed by atoms with E-state index in [0.717, 1.165) is 46.9 Å². The van der Waals surface area contributed by atoms with Gasteiger partial charge >= 0.3 is 0 Å². The Kier molecular flexibility index (Phi) is 10.5. The second kappa shape index (κ2) is 14.1. The molecule has 0 aliphatic carbocycles. The summed E-state index contributed by atoms with van der Waals surface area (Å²) in [6.07, 6.45) is 5.23. The number of sulfonamides is 1. The minimum atomic E-state index is -4.18. The van der Waals surface area contributed by atoms with Gasteiger partial charge in [0, 0.05) is 46.6 Å². The van der Waals surface area contributed by atoms with Gasteiger partial charge in [-0.3, -0.25) is 9.59 Å². The van der Waals surface area contributed by atoms with Crippen LogP contribution in [-0.2, 0) is 21.2 Å². The number of carbonyl (C=O) groups excluding carboxylic acids is 2. The summed E-state index contributed by atoms with van der Waals surface area (Å²) in [7, 11) is -2.65. The van der Waals surface area contributed by atoms with Crippen LogP contribution in [0.4, 0.5) is 0 Å². The maximum Gasteiger partial charge on any atom is 0.265 e. The van der Waals surface area contributed by atoms with Gasteiger partial charge in [-0.25, -0.2) is 13.1 Å². The van der Waals surface area contributed by atoms with Crippen molar-refractivity contribution in [2.75, 3.05) is 13.7 Å². The number of rotatable bonds is 13. The molecule has 2 unspecified atom stereocenters. The van der Waals surface area contributed by atoms with Gasteiger partial charge in [0.15, 0.2) is 0 Å². The highest BCUT2D eigenvalue weighted by atomic mass is 35.5. The fourth-order valence-electron chi connectivity index (χ4n) is 5.28. The predicted octanol–water partition coefficient (Wildman–Crippen LogP) is 6.59. The number of carbonyl (C=O) groups is 2. The Morgan fingerprint density at radius 3 is 2.47 bits per heavy atom.